The van der Waals surface area contributed by atoms with Gasteiger partial charge in [0.15, 0.2) is 0 Å². The Labute approximate surface area is 102 Å². The molecule has 90 valence electrons. The van der Waals surface area contributed by atoms with Crippen molar-refractivity contribution in [2.24, 2.45) is 5.92 Å². The van der Waals surface area contributed by atoms with Crippen molar-refractivity contribution < 1.29 is 12.6 Å². The summed E-state index contributed by atoms with van der Waals surface area (Å²) in [6.07, 6.45) is 3.48. The summed E-state index contributed by atoms with van der Waals surface area (Å²) >= 11 is 0. The molecule has 0 atom stereocenters. The lowest BCUT2D eigenvalue weighted by Gasteiger charge is -2.01. The van der Waals surface area contributed by atoms with Crippen molar-refractivity contribution in [2.75, 3.05) is 6.26 Å². The molecule has 0 saturated heterocycles. The lowest BCUT2D eigenvalue weighted by molar-refractivity contribution is 0.311. The first-order chi connectivity index (χ1) is 8.03. The largest absolute Gasteiger partial charge is 0.265 e. The Balaban J connectivity index is 1.96. The number of hydrogen-bond donors (Lipinski definition) is 0. The zero-order valence-corrected chi connectivity index (χ0v) is 10.5. The van der Waals surface area contributed by atoms with Crippen LogP contribution in [-0.2, 0) is 20.9 Å². The van der Waals surface area contributed by atoms with Gasteiger partial charge in [-0.2, -0.15) is 8.42 Å². The first-order valence-corrected chi connectivity index (χ1v) is 7.29. The van der Waals surface area contributed by atoms with E-state index in [1.165, 1.54) is 12.8 Å². The van der Waals surface area contributed by atoms with Crippen LogP contribution >= 0.6 is 0 Å². The third-order valence-electron chi connectivity index (χ3n) is 2.39. The standard InChI is InChI=1S/C13H14O3S/c1-17(14,15)16-10-13-8-6-12(7-9-13)5-4-11-2-3-11/h6-9,11H,2-3,10H2,1H3. The molecule has 1 saturated carbocycles. The topological polar surface area (TPSA) is 43.4 Å². The predicted molar refractivity (Wildman–Crippen MR) is 65.7 cm³/mol. The first kappa shape index (κ1) is 12.2. The summed E-state index contributed by atoms with van der Waals surface area (Å²) < 4.78 is 26.3. The fraction of sp³-hybridized carbons (Fsp3) is 0.385. The molecule has 17 heavy (non-hydrogen) atoms. The van der Waals surface area contributed by atoms with E-state index in [1.54, 1.807) is 0 Å². The summed E-state index contributed by atoms with van der Waals surface area (Å²) in [4.78, 5) is 0. The van der Waals surface area contributed by atoms with Gasteiger partial charge in [0.05, 0.1) is 12.9 Å². The van der Waals surface area contributed by atoms with Gasteiger partial charge < -0.3 is 0 Å². The molecule has 0 aromatic heterocycles. The molecule has 0 unspecified atom stereocenters. The van der Waals surface area contributed by atoms with Gasteiger partial charge in [-0.05, 0) is 30.5 Å². The van der Waals surface area contributed by atoms with Gasteiger partial charge in [0.2, 0.25) is 0 Å². The van der Waals surface area contributed by atoms with Crippen LogP contribution in [0.25, 0.3) is 0 Å². The van der Waals surface area contributed by atoms with E-state index in [9.17, 15) is 8.42 Å². The van der Waals surface area contributed by atoms with Gasteiger partial charge in [-0.25, -0.2) is 0 Å². The van der Waals surface area contributed by atoms with Crippen molar-refractivity contribution in [3.8, 4) is 11.8 Å². The highest BCUT2D eigenvalue weighted by Crippen LogP contribution is 2.27. The van der Waals surface area contributed by atoms with Gasteiger partial charge in [-0.1, -0.05) is 24.0 Å². The molecule has 0 spiro atoms. The van der Waals surface area contributed by atoms with Crippen LogP contribution in [0.4, 0.5) is 0 Å². The molecule has 4 heteroatoms. The molecule has 1 aliphatic rings. The fourth-order valence-electron chi connectivity index (χ4n) is 1.27. The van der Waals surface area contributed by atoms with Crippen molar-refractivity contribution in [3.63, 3.8) is 0 Å². The predicted octanol–water partition coefficient (Wildman–Crippen LogP) is 1.92. The van der Waals surface area contributed by atoms with E-state index in [4.69, 9.17) is 4.18 Å². The lowest BCUT2D eigenvalue weighted by Crippen LogP contribution is -2.02. The second-order valence-electron chi connectivity index (χ2n) is 4.21. The highest BCUT2D eigenvalue weighted by molar-refractivity contribution is 7.85. The van der Waals surface area contributed by atoms with Gasteiger partial charge in [-0.15, -0.1) is 0 Å². The molecule has 2 rings (SSSR count). The molecule has 3 nitrogen and oxygen atoms in total. The van der Waals surface area contributed by atoms with E-state index in [2.05, 4.69) is 11.8 Å². The van der Waals surface area contributed by atoms with Gasteiger partial charge >= 0.3 is 0 Å². The van der Waals surface area contributed by atoms with Crippen LogP contribution < -0.4 is 0 Å². The molecule has 0 radical (unpaired) electrons. The van der Waals surface area contributed by atoms with Crippen LogP contribution in [0.2, 0.25) is 0 Å². The third kappa shape index (κ3) is 4.59. The van der Waals surface area contributed by atoms with Gasteiger partial charge in [-0.3, -0.25) is 4.18 Å². The Morgan fingerprint density at radius 2 is 1.94 bits per heavy atom. The van der Waals surface area contributed by atoms with E-state index in [1.807, 2.05) is 24.3 Å². The molecular formula is C13H14O3S. The van der Waals surface area contributed by atoms with Gasteiger partial charge in [0.1, 0.15) is 0 Å². The average Bonchev–Trinajstić information content (AvgIpc) is 3.08. The maximum Gasteiger partial charge on any atom is 0.264 e. The Morgan fingerprint density at radius 1 is 1.29 bits per heavy atom. The van der Waals surface area contributed by atoms with E-state index in [0.717, 1.165) is 17.4 Å². The first-order valence-electron chi connectivity index (χ1n) is 5.48. The maximum atomic E-state index is 10.8. The van der Waals surface area contributed by atoms with Gasteiger partial charge in [0.25, 0.3) is 10.1 Å². The molecule has 1 aromatic carbocycles. The highest BCUT2D eigenvalue weighted by atomic mass is 32.2. The zero-order chi connectivity index (χ0) is 12.3. The molecule has 0 N–H and O–H groups in total. The minimum absolute atomic E-state index is 0.0785. The van der Waals surface area contributed by atoms with Crippen LogP contribution in [0, 0.1) is 17.8 Å². The fourth-order valence-corrected chi connectivity index (χ4v) is 1.62. The SMILES string of the molecule is CS(=O)(=O)OCc1ccc(C#CC2CC2)cc1. The molecule has 1 aromatic rings. The van der Waals surface area contributed by atoms with Crippen LogP contribution in [0.3, 0.4) is 0 Å². The monoisotopic (exact) mass is 250 g/mol. The molecule has 0 heterocycles. The lowest BCUT2D eigenvalue weighted by atomic mass is 10.1. The van der Waals surface area contributed by atoms with E-state index in [0.29, 0.717) is 5.92 Å². The quantitative estimate of drug-likeness (QED) is 0.608. The Hall–Kier alpha value is -1.31. The minimum Gasteiger partial charge on any atom is -0.265 e. The Morgan fingerprint density at radius 3 is 2.47 bits per heavy atom. The highest BCUT2D eigenvalue weighted by Gasteiger charge is 2.17. The van der Waals surface area contributed by atoms with Crippen molar-refractivity contribution in [2.45, 2.75) is 19.4 Å². The van der Waals surface area contributed by atoms with Crippen molar-refractivity contribution in [3.05, 3.63) is 35.4 Å². The summed E-state index contributed by atoms with van der Waals surface area (Å²) in [5.74, 6) is 6.85. The molecule has 0 aliphatic heterocycles. The third-order valence-corrected chi connectivity index (χ3v) is 2.94. The molecule has 1 aliphatic carbocycles. The Kier molecular flexibility index (Phi) is 3.51. The van der Waals surface area contributed by atoms with Crippen molar-refractivity contribution >= 4 is 10.1 Å². The van der Waals surface area contributed by atoms with E-state index >= 15 is 0 Å². The normalized spacial score (nSPS) is 15.1. The molecular weight excluding hydrogens is 236 g/mol. The Bertz CT molecular complexity index is 543. The molecule has 0 bridgehead atoms. The molecule has 1 fully saturated rings. The number of benzene rings is 1. The molecule has 0 amide bonds. The average molecular weight is 250 g/mol. The van der Waals surface area contributed by atoms with Crippen LogP contribution in [0.5, 0.6) is 0 Å². The van der Waals surface area contributed by atoms with Crippen LogP contribution in [0.15, 0.2) is 24.3 Å². The number of rotatable bonds is 3. The van der Waals surface area contributed by atoms with Crippen molar-refractivity contribution in [1.29, 1.82) is 0 Å². The summed E-state index contributed by atoms with van der Waals surface area (Å²) in [7, 11) is -3.37. The maximum absolute atomic E-state index is 10.8. The van der Waals surface area contributed by atoms with E-state index < -0.39 is 10.1 Å². The number of hydrogen-bond acceptors (Lipinski definition) is 3. The second kappa shape index (κ2) is 4.91. The summed E-state index contributed by atoms with van der Waals surface area (Å²) in [5, 5.41) is 0. The van der Waals surface area contributed by atoms with Crippen LogP contribution in [-0.4, -0.2) is 14.7 Å². The smallest absolute Gasteiger partial charge is 0.264 e. The zero-order valence-electron chi connectivity index (χ0n) is 9.64. The summed E-state index contributed by atoms with van der Waals surface area (Å²) in [6, 6.07) is 7.44. The van der Waals surface area contributed by atoms with Gasteiger partial charge in [0, 0.05) is 11.5 Å². The summed E-state index contributed by atoms with van der Waals surface area (Å²) in [6.45, 7) is 0.0785. The van der Waals surface area contributed by atoms with E-state index in [-0.39, 0.29) is 6.61 Å². The van der Waals surface area contributed by atoms with Crippen LogP contribution in [0.1, 0.15) is 24.0 Å². The minimum atomic E-state index is -3.37. The summed E-state index contributed by atoms with van der Waals surface area (Å²) in [5.41, 5.74) is 1.78. The second-order valence-corrected chi connectivity index (χ2v) is 5.85. The van der Waals surface area contributed by atoms with Crippen molar-refractivity contribution in [1.82, 2.24) is 0 Å².